The van der Waals surface area contributed by atoms with Crippen LogP contribution in [0.2, 0.25) is 5.02 Å². The number of nitrogens with zero attached hydrogens (tertiary/aromatic N) is 4. The van der Waals surface area contributed by atoms with Gasteiger partial charge in [-0.15, -0.1) is 0 Å². The third-order valence-electron chi connectivity index (χ3n) is 6.83. The van der Waals surface area contributed by atoms with Gasteiger partial charge in [0.2, 0.25) is 10.0 Å². The summed E-state index contributed by atoms with van der Waals surface area (Å²) in [6.07, 6.45) is 3.43. The van der Waals surface area contributed by atoms with Gasteiger partial charge in [-0.05, 0) is 68.0 Å². The third-order valence-corrected chi connectivity index (χ3v) is 9.15. The monoisotopic (exact) mass is 490 g/mol. The molecule has 2 saturated heterocycles. The minimum Gasteiger partial charge on any atom is -0.352 e. The molecule has 4 rings (SSSR count). The summed E-state index contributed by atoms with van der Waals surface area (Å²) in [6, 6.07) is 6.97. The largest absolute Gasteiger partial charge is 0.352 e. The summed E-state index contributed by atoms with van der Waals surface area (Å²) in [7, 11) is -3.64. The highest BCUT2D eigenvalue weighted by molar-refractivity contribution is 7.89. The van der Waals surface area contributed by atoms with Crippen LogP contribution in [0.25, 0.3) is 0 Å². The van der Waals surface area contributed by atoms with Crippen LogP contribution in [-0.4, -0.2) is 67.8 Å². The Morgan fingerprint density at radius 3 is 2.36 bits per heavy atom. The van der Waals surface area contributed by atoms with Gasteiger partial charge in [-0.2, -0.15) is 4.31 Å². The van der Waals surface area contributed by atoms with Crippen molar-refractivity contribution >= 4 is 33.3 Å². The number of hydrogen-bond acceptors (Lipinski definition) is 5. The fourth-order valence-corrected chi connectivity index (χ4v) is 6.53. The van der Waals surface area contributed by atoms with Crippen molar-refractivity contribution in [2.45, 2.75) is 38.5 Å². The van der Waals surface area contributed by atoms with E-state index in [9.17, 15) is 13.2 Å². The zero-order valence-electron chi connectivity index (χ0n) is 19.4. The van der Waals surface area contributed by atoms with Crippen LogP contribution in [0.4, 0.5) is 5.82 Å². The number of carbonyl (C=O) groups is 1. The Kier molecular flexibility index (Phi) is 6.98. The number of carbonyl (C=O) groups excluding carboxylic acids is 1. The van der Waals surface area contributed by atoms with Gasteiger partial charge in [-0.3, -0.25) is 4.79 Å². The van der Waals surface area contributed by atoms with E-state index in [4.69, 9.17) is 11.6 Å². The number of sulfonamides is 1. The molecule has 2 fully saturated rings. The number of hydrogen-bond donors (Lipinski definition) is 0. The Bertz CT molecular complexity index is 1140. The van der Waals surface area contributed by atoms with Crippen LogP contribution in [-0.2, 0) is 10.0 Å². The maximum absolute atomic E-state index is 13.4. The molecule has 0 bridgehead atoms. The number of benzene rings is 1. The molecule has 2 aromatic rings. The Morgan fingerprint density at radius 1 is 1.06 bits per heavy atom. The predicted octanol–water partition coefficient (Wildman–Crippen LogP) is 3.73. The Labute approximate surface area is 201 Å². The summed E-state index contributed by atoms with van der Waals surface area (Å²) in [5.41, 5.74) is 1.94. The topological polar surface area (TPSA) is 73.8 Å². The summed E-state index contributed by atoms with van der Waals surface area (Å²) in [4.78, 5) is 21.8. The molecule has 2 aliphatic heterocycles. The van der Waals surface area contributed by atoms with E-state index < -0.39 is 10.0 Å². The molecule has 0 aliphatic carbocycles. The highest BCUT2D eigenvalue weighted by Gasteiger charge is 2.31. The number of aryl methyl sites for hydroxylation is 1. The van der Waals surface area contributed by atoms with E-state index in [1.165, 1.54) is 0 Å². The van der Waals surface area contributed by atoms with Crippen molar-refractivity contribution in [3.8, 4) is 0 Å². The molecule has 33 heavy (non-hydrogen) atoms. The highest BCUT2D eigenvalue weighted by Crippen LogP contribution is 2.29. The van der Waals surface area contributed by atoms with Crippen molar-refractivity contribution < 1.29 is 13.2 Å². The van der Waals surface area contributed by atoms with Crippen LogP contribution < -0.4 is 4.90 Å². The minimum atomic E-state index is -3.64. The van der Waals surface area contributed by atoms with E-state index >= 15 is 0 Å². The Morgan fingerprint density at radius 2 is 1.73 bits per heavy atom. The van der Waals surface area contributed by atoms with Gasteiger partial charge in [-0.25, -0.2) is 13.4 Å². The molecule has 0 atom stereocenters. The Hall–Kier alpha value is -2.16. The van der Waals surface area contributed by atoms with Gasteiger partial charge in [0.1, 0.15) is 5.82 Å². The maximum Gasteiger partial charge on any atom is 0.254 e. The second kappa shape index (κ2) is 9.60. The second-order valence-electron chi connectivity index (χ2n) is 9.09. The minimum absolute atomic E-state index is 0.145. The van der Waals surface area contributed by atoms with Crippen molar-refractivity contribution in [2.24, 2.45) is 5.92 Å². The molecule has 1 aromatic heterocycles. The van der Waals surface area contributed by atoms with Crippen LogP contribution in [0.3, 0.4) is 0 Å². The zero-order valence-corrected chi connectivity index (χ0v) is 21.0. The summed E-state index contributed by atoms with van der Waals surface area (Å²) >= 11 is 6.27. The van der Waals surface area contributed by atoms with Gasteiger partial charge in [-0.1, -0.05) is 18.5 Å². The number of pyridine rings is 1. The van der Waals surface area contributed by atoms with E-state index in [-0.39, 0.29) is 10.8 Å². The van der Waals surface area contributed by atoms with E-state index in [1.54, 1.807) is 33.6 Å². The summed E-state index contributed by atoms with van der Waals surface area (Å²) in [5, 5.41) is 0.591. The van der Waals surface area contributed by atoms with E-state index in [2.05, 4.69) is 16.8 Å². The van der Waals surface area contributed by atoms with Crippen LogP contribution in [0, 0.1) is 19.8 Å². The maximum atomic E-state index is 13.4. The Balaban J connectivity index is 1.53. The zero-order chi connectivity index (χ0) is 23.8. The first-order valence-electron chi connectivity index (χ1n) is 11.4. The quantitative estimate of drug-likeness (QED) is 0.652. The summed E-state index contributed by atoms with van der Waals surface area (Å²) < 4.78 is 28.4. The predicted molar refractivity (Wildman–Crippen MR) is 130 cm³/mol. The first kappa shape index (κ1) is 24.0. The van der Waals surface area contributed by atoms with Gasteiger partial charge >= 0.3 is 0 Å². The van der Waals surface area contributed by atoms with E-state index in [0.29, 0.717) is 61.3 Å². The van der Waals surface area contributed by atoms with Gasteiger partial charge in [0.25, 0.3) is 5.91 Å². The molecule has 2 aliphatic rings. The fourth-order valence-electron chi connectivity index (χ4n) is 4.50. The smallest absolute Gasteiger partial charge is 0.254 e. The molecule has 1 amide bonds. The fraction of sp³-hybridized carbons (Fsp3) is 0.500. The van der Waals surface area contributed by atoms with Gasteiger partial charge in [0, 0.05) is 51.0 Å². The molecule has 0 unspecified atom stereocenters. The average Bonchev–Trinajstić information content (AvgIpc) is 2.81. The highest BCUT2D eigenvalue weighted by atomic mass is 35.5. The molecule has 3 heterocycles. The number of anilines is 1. The molecule has 0 N–H and O–H groups in total. The molecule has 0 spiro atoms. The first-order chi connectivity index (χ1) is 15.7. The lowest BCUT2D eigenvalue weighted by Gasteiger charge is -2.36. The molecule has 0 radical (unpaired) electrons. The standard InChI is InChI=1S/C24H31ClN4O3S/c1-17-6-9-29(10-7-17)33(31,32)22-16-20(15-18(2)19(22)3)24(30)28-13-11-27(12-14-28)23-21(25)5-4-8-26-23/h4-5,8,15-17H,6-7,9-14H2,1-3H3. The number of piperidine rings is 1. The normalized spacial score (nSPS) is 18.5. The van der Waals surface area contributed by atoms with Gasteiger partial charge in [0.05, 0.1) is 9.92 Å². The van der Waals surface area contributed by atoms with Crippen molar-refractivity contribution in [2.75, 3.05) is 44.2 Å². The lowest BCUT2D eigenvalue weighted by Crippen LogP contribution is -2.49. The lowest BCUT2D eigenvalue weighted by atomic mass is 10.0. The number of aromatic nitrogens is 1. The van der Waals surface area contributed by atoms with E-state index in [0.717, 1.165) is 24.2 Å². The van der Waals surface area contributed by atoms with Crippen LogP contribution in [0.5, 0.6) is 0 Å². The molecule has 178 valence electrons. The molecule has 1 aromatic carbocycles. The number of amides is 1. The van der Waals surface area contributed by atoms with Crippen molar-refractivity contribution in [1.29, 1.82) is 0 Å². The molecule has 7 nitrogen and oxygen atoms in total. The number of piperazine rings is 1. The second-order valence-corrected chi connectivity index (χ2v) is 11.4. The van der Waals surface area contributed by atoms with Crippen LogP contribution >= 0.6 is 11.6 Å². The third kappa shape index (κ3) is 4.88. The first-order valence-corrected chi connectivity index (χ1v) is 13.3. The van der Waals surface area contributed by atoms with Crippen molar-refractivity contribution in [3.05, 3.63) is 52.2 Å². The van der Waals surface area contributed by atoms with Crippen molar-refractivity contribution in [1.82, 2.24) is 14.2 Å². The summed E-state index contributed by atoms with van der Waals surface area (Å²) in [6.45, 7) is 9.16. The molecule has 0 saturated carbocycles. The molecular weight excluding hydrogens is 460 g/mol. The SMILES string of the molecule is Cc1cc(C(=O)N2CCN(c3ncccc3Cl)CC2)cc(S(=O)(=O)N2CCC(C)CC2)c1C. The van der Waals surface area contributed by atoms with Crippen LogP contribution in [0.1, 0.15) is 41.3 Å². The molecule has 9 heteroatoms. The average molecular weight is 491 g/mol. The van der Waals surface area contributed by atoms with Gasteiger partial charge in [0.15, 0.2) is 0 Å². The van der Waals surface area contributed by atoms with Gasteiger partial charge < -0.3 is 9.80 Å². The van der Waals surface area contributed by atoms with Crippen LogP contribution in [0.15, 0.2) is 35.4 Å². The molecular formula is C24H31ClN4O3S. The summed E-state index contributed by atoms with van der Waals surface area (Å²) in [5.74, 6) is 1.11. The number of halogens is 1. The lowest BCUT2D eigenvalue weighted by molar-refractivity contribution is 0.0746. The van der Waals surface area contributed by atoms with E-state index in [1.807, 2.05) is 19.9 Å². The number of rotatable bonds is 4. The van der Waals surface area contributed by atoms with Crippen molar-refractivity contribution in [3.63, 3.8) is 0 Å².